The van der Waals surface area contributed by atoms with Crippen molar-refractivity contribution in [3.8, 4) is 0 Å². The van der Waals surface area contributed by atoms with Crippen LogP contribution in [0.2, 0.25) is 0 Å². The number of aryl methyl sites for hydroxylation is 1. The number of hydrogen-bond acceptors (Lipinski definition) is 6. The summed E-state index contributed by atoms with van der Waals surface area (Å²) in [5.41, 5.74) is 10.7. The van der Waals surface area contributed by atoms with E-state index in [0.717, 1.165) is 56.2 Å². The third-order valence-electron chi connectivity index (χ3n) is 6.03. The molecule has 1 aliphatic carbocycles. The van der Waals surface area contributed by atoms with E-state index in [4.69, 9.17) is 10.7 Å². The molecule has 2 aliphatic rings. The largest absolute Gasteiger partial charge is 0.340 e. The van der Waals surface area contributed by atoms with Gasteiger partial charge in [-0.05, 0) is 50.4 Å². The molecule has 1 saturated heterocycles. The smallest absolute Gasteiger partial charge is 0.211 e. The number of pyridine rings is 1. The second-order valence-electron chi connectivity index (χ2n) is 8.07. The fraction of sp³-hybridized carbons (Fsp3) is 0.476. The summed E-state index contributed by atoms with van der Waals surface area (Å²) in [6.45, 7) is 2.59. The lowest BCUT2D eigenvalue weighted by molar-refractivity contribution is 0.206. The average molecular weight is 377 g/mol. The van der Waals surface area contributed by atoms with Gasteiger partial charge in [0.25, 0.3) is 0 Å². The molecule has 5 rings (SSSR count). The molecule has 4 heterocycles. The van der Waals surface area contributed by atoms with Crippen molar-refractivity contribution in [2.24, 2.45) is 5.73 Å². The Hall–Kier alpha value is -2.51. The molecule has 2 unspecified atom stereocenters. The Kier molecular flexibility index (Phi) is 4.49. The summed E-state index contributed by atoms with van der Waals surface area (Å²) in [4.78, 5) is 18.8. The summed E-state index contributed by atoms with van der Waals surface area (Å²) in [5, 5.41) is 0. The fourth-order valence-electron chi connectivity index (χ4n) is 4.61. The van der Waals surface area contributed by atoms with Crippen LogP contribution in [-0.4, -0.2) is 50.4 Å². The first-order chi connectivity index (χ1) is 13.7. The van der Waals surface area contributed by atoms with E-state index in [1.165, 1.54) is 17.7 Å². The van der Waals surface area contributed by atoms with E-state index in [1.807, 2.05) is 24.5 Å². The highest BCUT2D eigenvalue weighted by Crippen LogP contribution is 2.32. The van der Waals surface area contributed by atoms with E-state index in [9.17, 15) is 0 Å². The molecular formula is C21H27N7. The quantitative estimate of drug-likeness (QED) is 0.751. The van der Waals surface area contributed by atoms with Crippen molar-refractivity contribution < 1.29 is 0 Å². The summed E-state index contributed by atoms with van der Waals surface area (Å²) in [6.07, 6.45) is 10.4. The van der Waals surface area contributed by atoms with Gasteiger partial charge in [-0.2, -0.15) is 0 Å². The Labute approximate surface area is 165 Å². The Morgan fingerprint density at radius 1 is 1.21 bits per heavy atom. The molecule has 0 aromatic carbocycles. The molecule has 7 nitrogen and oxygen atoms in total. The predicted octanol–water partition coefficient (Wildman–Crippen LogP) is 2.17. The third kappa shape index (κ3) is 3.14. The number of hydrogen-bond donors (Lipinski definition) is 1. The predicted molar refractivity (Wildman–Crippen MR) is 109 cm³/mol. The van der Waals surface area contributed by atoms with Gasteiger partial charge in [0, 0.05) is 44.3 Å². The zero-order chi connectivity index (χ0) is 19.1. The molecule has 0 saturated carbocycles. The number of aromatic nitrogens is 4. The topological polar surface area (TPSA) is 75.6 Å². The molecule has 3 aromatic heterocycles. The zero-order valence-corrected chi connectivity index (χ0v) is 16.3. The minimum atomic E-state index is 0.227. The molecule has 28 heavy (non-hydrogen) atoms. The molecule has 1 fully saturated rings. The van der Waals surface area contributed by atoms with Crippen molar-refractivity contribution in [2.45, 2.75) is 44.3 Å². The lowest BCUT2D eigenvalue weighted by atomic mass is 9.91. The standard InChI is InChI=1S/C21H27N7/c1-26(18-6-2-4-15-5-3-9-23-20(15)18)13-17-14-28-19(25-17)7-10-24-21(28)27-11-8-16(22)12-27/h3,5,7,9-10,14,16,18H,2,4,6,8,11-13,22H2,1H3. The highest BCUT2D eigenvalue weighted by molar-refractivity contribution is 5.48. The van der Waals surface area contributed by atoms with Gasteiger partial charge in [-0.3, -0.25) is 14.3 Å². The van der Waals surface area contributed by atoms with Gasteiger partial charge in [-0.15, -0.1) is 0 Å². The molecule has 1 aliphatic heterocycles. The fourth-order valence-corrected chi connectivity index (χ4v) is 4.61. The third-order valence-corrected chi connectivity index (χ3v) is 6.03. The van der Waals surface area contributed by atoms with Crippen molar-refractivity contribution in [3.63, 3.8) is 0 Å². The lowest BCUT2D eigenvalue weighted by Gasteiger charge is -2.31. The summed E-state index contributed by atoms with van der Waals surface area (Å²) < 4.78 is 2.11. The molecule has 2 atom stereocenters. The van der Waals surface area contributed by atoms with E-state index in [0.29, 0.717) is 6.04 Å². The average Bonchev–Trinajstić information content (AvgIpc) is 3.32. The zero-order valence-electron chi connectivity index (χ0n) is 16.3. The van der Waals surface area contributed by atoms with Gasteiger partial charge in [0.15, 0.2) is 0 Å². The highest BCUT2D eigenvalue weighted by atomic mass is 15.3. The van der Waals surface area contributed by atoms with Crippen LogP contribution in [0.1, 0.15) is 42.3 Å². The normalized spacial score (nSPS) is 22.2. The molecule has 7 heteroatoms. The summed E-state index contributed by atoms with van der Waals surface area (Å²) in [7, 11) is 2.18. The number of rotatable bonds is 4. The van der Waals surface area contributed by atoms with E-state index < -0.39 is 0 Å². The van der Waals surface area contributed by atoms with Crippen molar-refractivity contribution in [1.82, 2.24) is 24.3 Å². The van der Waals surface area contributed by atoms with Crippen molar-refractivity contribution in [2.75, 3.05) is 25.0 Å². The van der Waals surface area contributed by atoms with E-state index in [2.05, 4.69) is 43.5 Å². The Morgan fingerprint density at radius 2 is 2.14 bits per heavy atom. The Bertz CT molecular complexity index is 982. The minimum Gasteiger partial charge on any atom is -0.340 e. The highest BCUT2D eigenvalue weighted by Gasteiger charge is 2.26. The maximum absolute atomic E-state index is 6.09. The minimum absolute atomic E-state index is 0.227. The van der Waals surface area contributed by atoms with Gasteiger partial charge in [0.05, 0.1) is 17.4 Å². The molecule has 0 amide bonds. The number of nitrogens with zero attached hydrogens (tertiary/aromatic N) is 6. The van der Waals surface area contributed by atoms with Gasteiger partial charge in [-0.1, -0.05) is 6.07 Å². The number of nitrogens with two attached hydrogens (primary N) is 1. The van der Waals surface area contributed by atoms with E-state index in [1.54, 1.807) is 0 Å². The second-order valence-corrected chi connectivity index (χ2v) is 8.07. The van der Waals surface area contributed by atoms with E-state index >= 15 is 0 Å². The SMILES string of the molecule is CN(Cc1cn2c(N3CCC(N)C3)nccc2n1)C1CCCc2cccnc21. The Morgan fingerprint density at radius 3 is 3.00 bits per heavy atom. The van der Waals surface area contributed by atoms with Crippen LogP contribution in [0.5, 0.6) is 0 Å². The summed E-state index contributed by atoms with van der Waals surface area (Å²) in [6, 6.07) is 6.81. The van der Waals surface area contributed by atoms with Crippen LogP contribution in [-0.2, 0) is 13.0 Å². The van der Waals surface area contributed by atoms with Crippen LogP contribution < -0.4 is 10.6 Å². The molecule has 146 valence electrons. The molecular weight excluding hydrogens is 350 g/mol. The van der Waals surface area contributed by atoms with Crippen LogP contribution in [0.3, 0.4) is 0 Å². The monoisotopic (exact) mass is 377 g/mol. The van der Waals surface area contributed by atoms with Gasteiger partial charge in [-0.25, -0.2) is 9.97 Å². The molecule has 0 radical (unpaired) electrons. The maximum Gasteiger partial charge on any atom is 0.211 e. The van der Waals surface area contributed by atoms with Crippen molar-refractivity contribution in [3.05, 3.63) is 53.7 Å². The molecule has 2 N–H and O–H groups in total. The van der Waals surface area contributed by atoms with Crippen molar-refractivity contribution in [1.29, 1.82) is 0 Å². The number of anilines is 1. The molecule has 0 spiro atoms. The maximum atomic E-state index is 6.09. The van der Waals surface area contributed by atoms with Crippen LogP contribution in [0.4, 0.5) is 5.95 Å². The first-order valence-corrected chi connectivity index (χ1v) is 10.2. The van der Waals surface area contributed by atoms with Gasteiger partial charge in [0.1, 0.15) is 5.65 Å². The van der Waals surface area contributed by atoms with E-state index in [-0.39, 0.29) is 6.04 Å². The van der Waals surface area contributed by atoms with Crippen LogP contribution in [0.25, 0.3) is 5.65 Å². The summed E-state index contributed by atoms with van der Waals surface area (Å²) >= 11 is 0. The van der Waals surface area contributed by atoms with Gasteiger partial charge >= 0.3 is 0 Å². The second kappa shape index (κ2) is 7.14. The van der Waals surface area contributed by atoms with Crippen LogP contribution >= 0.6 is 0 Å². The van der Waals surface area contributed by atoms with Crippen LogP contribution in [0.15, 0.2) is 36.8 Å². The van der Waals surface area contributed by atoms with Crippen molar-refractivity contribution >= 4 is 11.6 Å². The van der Waals surface area contributed by atoms with Crippen LogP contribution in [0, 0.1) is 0 Å². The van der Waals surface area contributed by atoms with Gasteiger partial charge < -0.3 is 10.6 Å². The lowest BCUT2D eigenvalue weighted by Crippen LogP contribution is -2.28. The first kappa shape index (κ1) is 17.6. The Balaban J connectivity index is 1.40. The molecule has 0 bridgehead atoms. The number of imidazole rings is 1. The molecule has 3 aromatic rings. The number of fused-ring (bicyclic) bond motifs is 2. The van der Waals surface area contributed by atoms with Gasteiger partial charge in [0.2, 0.25) is 5.95 Å². The first-order valence-electron chi connectivity index (χ1n) is 10.2. The summed E-state index contributed by atoms with van der Waals surface area (Å²) in [5.74, 6) is 0.941.